The number of aromatic nitrogens is 4. The number of amides is 1. The standard InChI is InChI=1S/C18H13F6N5O3/c19-17(20,21)9-32-11-3-1-10(2-4-11)7-25-16(31)12-8-26-29(15(12)18(22,23)24)13-5-6-14(30)28-27-13/h1-6,8H,7,9H2,(H,25,31)(H,28,30). The van der Waals surface area contributed by atoms with E-state index >= 15 is 0 Å². The van der Waals surface area contributed by atoms with Crippen LogP contribution in [0.15, 0.2) is 47.4 Å². The van der Waals surface area contributed by atoms with Crippen molar-refractivity contribution in [2.75, 3.05) is 6.61 Å². The minimum atomic E-state index is -4.97. The Balaban J connectivity index is 1.74. The summed E-state index contributed by atoms with van der Waals surface area (Å²) in [5.41, 5.74) is -2.41. The van der Waals surface area contributed by atoms with Crippen LogP contribution in [0.3, 0.4) is 0 Å². The highest BCUT2D eigenvalue weighted by molar-refractivity contribution is 5.95. The number of ether oxygens (including phenoxy) is 1. The van der Waals surface area contributed by atoms with Crippen molar-refractivity contribution < 1.29 is 35.9 Å². The monoisotopic (exact) mass is 461 g/mol. The predicted molar refractivity (Wildman–Crippen MR) is 96.1 cm³/mol. The van der Waals surface area contributed by atoms with Gasteiger partial charge in [-0.1, -0.05) is 12.1 Å². The molecule has 0 spiro atoms. The Kier molecular flexibility index (Phi) is 6.23. The van der Waals surface area contributed by atoms with Crippen LogP contribution in [0.1, 0.15) is 21.6 Å². The first kappa shape index (κ1) is 22.8. The zero-order valence-corrected chi connectivity index (χ0v) is 15.8. The second kappa shape index (κ2) is 8.72. The Hall–Kier alpha value is -3.84. The van der Waals surface area contributed by atoms with Crippen molar-refractivity contribution in [3.8, 4) is 11.6 Å². The molecule has 2 aromatic heterocycles. The fourth-order valence-corrected chi connectivity index (χ4v) is 2.56. The van der Waals surface area contributed by atoms with Crippen LogP contribution in [0.2, 0.25) is 0 Å². The van der Waals surface area contributed by atoms with Gasteiger partial charge in [-0.25, -0.2) is 9.78 Å². The molecule has 0 saturated carbocycles. The van der Waals surface area contributed by atoms with Crippen LogP contribution < -0.4 is 15.6 Å². The molecule has 3 aromatic rings. The maximum atomic E-state index is 13.6. The van der Waals surface area contributed by atoms with E-state index in [4.69, 9.17) is 0 Å². The summed E-state index contributed by atoms with van der Waals surface area (Å²) in [6, 6.07) is 7.12. The molecule has 1 amide bonds. The van der Waals surface area contributed by atoms with Gasteiger partial charge >= 0.3 is 12.4 Å². The highest BCUT2D eigenvalue weighted by Crippen LogP contribution is 2.33. The number of rotatable bonds is 6. The quantitative estimate of drug-likeness (QED) is 0.550. The number of H-pyrrole nitrogens is 1. The molecule has 2 heterocycles. The predicted octanol–water partition coefficient (Wildman–Crippen LogP) is 2.85. The lowest BCUT2D eigenvalue weighted by atomic mass is 10.2. The zero-order valence-electron chi connectivity index (χ0n) is 15.8. The van der Waals surface area contributed by atoms with Crippen molar-refractivity contribution in [2.24, 2.45) is 0 Å². The number of nitrogens with one attached hydrogen (secondary N) is 2. The Bertz CT molecular complexity index is 1130. The molecule has 0 radical (unpaired) electrons. The number of benzene rings is 1. The summed E-state index contributed by atoms with van der Waals surface area (Å²) in [4.78, 5) is 23.4. The van der Waals surface area contributed by atoms with Gasteiger partial charge in [-0.3, -0.25) is 9.59 Å². The van der Waals surface area contributed by atoms with E-state index < -0.39 is 41.7 Å². The van der Waals surface area contributed by atoms with Gasteiger partial charge in [0.1, 0.15) is 5.75 Å². The van der Waals surface area contributed by atoms with Crippen LogP contribution in [0.25, 0.3) is 5.82 Å². The van der Waals surface area contributed by atoms with E-state index in [1.54, 1.807) is 0 Å². The Morgan fingerprint density at radius 2 is 1.75 bits per heavy atom. The Labute approximate surface area is 174 Å². The van der Waals surface area contributed by atoms with Crippen LogP contribution in [-0.4, -0.2) is 38.7 Å². The molecule has 170 valence electrons. The van der Waals surface area contributed by atoms with Crippen molar-refractivity contribution in [1.82, 2.24) is 25.3 Å². The third-order valence-electron chi connectivity index (χ3n) is 3.94. The molecule has 0 atom stereocenters. The van der Waals surface area contributed by atoms with Crippen LogP contribution in [0, 0.1) is 0 Å². The molecule has 1 aromatic carbocycles. The van der Waals surface area contributed by atoms with Crippen molar-refractivity contribution in [3.63, 3.8) is 0 Å². The molecule has 0 aliphatic heterocycles. The first-order valence-corrected chi connectivity index (χ1v) is 8.72. The van der Waals surface area contributed by atoms with E-state index in [2.05, 4.69) is 20.3 Å². The number of carbonyl (C=O) groups excluding carboxylic acids is 1. The fourth-order valence-electron chi connectivity index (χ4n) is 2.56. The largest absolute Gasteiger partial charge is 0.484 e. The third-order valence-corrected chi connectivity index (χ3v) is 3.94. The average molecular weight is 461 g/mol. The van der Waals surface area contributed by atoms with Crippen molar-refractivity contribution >= 4 is 5.91 Å². The molecule has 8 nitrogen and oxygen atoms in total. The van der Waals surface area contributed by atoms with E-state index in [1.165, 1.54) is 24.3 Å². The second-order valence-corrected chi connectivity index (χ2v) is 6.33. The second-order valence-electron chi connectivity index (χ2n) is 6.33. The first-order chi connectivity index (χ1) is 14.9. The van der Waals surface area contributed by atoms with E-state index in [9.17, 15) is 35.9 Å². The number of aromatic amines is 1. The van der Waals surface area contributed by atoms with Gasteiger partial charge in [-0.15, -0.1) is 0 Å². The van der Waals surface area contributed by atoms with E-state index in [1.807, 2.05) is 5.10 Å². The lowest BCUT2D eigenvalue weighted by Gasteiger charge is -2.12. The van der Waals surface area contributed by atoms with Gasteiger partial charge in [0, 0.05) is 12.6 Å². The molecular formula is C18H13F6N5O3. The summed E-state index contributed by atoms with van der Waals surface area (Å²) < 4.78 is 82.2. The number of alkyl halides is 6. The van der Waals surface area contributed by atoms with Gasteiger partial charge in [0.05, 0.1) is 11.8 Å². The van der Waals surface area contributed by atoms with Gasteiger partial charge < -0.3 is 10.1 Å². The smallest absolute Gasteiger partial charge is 0.434 e. The zero-order chi connectivity index (χ0) is 23.5. The topological polar surface area (TPSA) is 102 Å². The summed E-state index contributed by atoms with van der Waals surface area (Å²) in [6.45, 7) is -1.69. The molecule has 0 aliphatic carbocycles. The minimum Gasteiger partial charge on any atom is -0.484 e. The molecule has 3 rings (SSSR count). The fraction of sp³-hybridized carbons (Fsp3) is 0.222. The number of halogens is 6. The molecule has 2 N–H and O–H groups in total. The van der Waals surface area contributed by atoms with E-state index in [-0.39, 0.29) is 18.1 Å². The summed E-state index contributed by atoms with van der Waals surface area (Å²) in [5, 5.41) is 11.3. The van der Waals surface area contributed by atoms with Crippen molar-refractivity contribution in [1.29, 1.82) is 0 Å². The summed E-state index contributed by atoms with van der Waals surface area (Å²) in [7, 11) is 0. The molecule has 32 heavy (non-hydrogen) atoms. The van der Waals surface area contributed by atoms with Crippen LogP contribution in [-0.2, 0) is 12.7 Å². The normalized spacial score (nSPS) is 11.9. The molecular weight excluding hydrogens is 448 g/mol. The molecule has 0 bridgehead atoms. The Morgan fingerprint density at radius 1 is 1.06 bits per heavy atom. The molecule has 0 aliphatic rings. The highest BCUT2D eigenvalue weighted by atomic mass is 19.4. The minimum absolute atomic E-state index is 0.0635. The Morgan fingerprint density at radius 3 is 2.31 bits per heavy atom. The molecule has 14 heteroatoms. The summed E-state index contributed by atoms with van der Waals surface area (Å²) in [5.74, 6) is -1.51. The number of carbonyl (C=O) groups is 1. The van der Waals surface area contributed by atoms with Gasteiger partial charge in [0.25, 0.3) is 11.5 Å². The van der Waals surface area contributed by atoms with E-state index in [0.717, 1.165) is 12.1 Å². The highest BCUT2D eigenvalue weighted by Gasteiger charge is 2.41. The van der Waals surface area contributed by atoms with Gasteiger partial charge in [-0.05, 0) is 23.8 Å². The molecule has 0 fully saturated rings. The van der Waals surface area contributed by atoms with Crippen LogP contribution in [0.5, 0.6) is 5.75 Å². The van der Waals surface area contributed by atoms with Gasteiger partial charge in [-0.2, -0.15) is 36.5 Å². The SMILES string of the molecule is O=C(NCc1ccc(OCC(F)(F)F)cc1)c1cnn(-c2ccc(=O)[nH]n2)c1C(F)(F)F. The van der Waals surface area contributed by atoms with E-state index in [0.29, 0.717) is 16.4 Å². The number of nitrogens with zero attached hydrogens (tertiary/aromatic N) is 3. The van der Waals surface area contributed by atoms with Crippen LogP contribution in [0.4, 0.5) is 26.3 Å². The van der Waals surface area contributed by atoms with Gasteiger partial charge in [0.2, 0.25) is 0 Å². The maximum Gasteiger partial charge on any atom is 0.434 e. The number of hydrogen-bond donors (Lipinski definition) is 2. The molecule has 0 unspecified atom stereocenters. The number of hydrogen-bond acceptors (Lipinski definition) is 5. The van der Waals surface area contributed by atoms with Crippen LogP contribution >= 0.6 is 0 Å². The summed E-state index contributed by atoms with van der Waals surface area (Å²) >= 11 is 0. The third kappa shape index (κ3) is 5.65. The van der Waals surface area contributed by atoms with Gasteiger partial charge in [0.15, 0.2) is 18.1 Å². The maximum absolute atomic E-state index is 13.6. The lowest BCUT2D eigenvalue weighted by molar-refractivity contribution is -0.153. The average Bonchev–Trinajstić information content (AvgIpc) is 3.17. The van der Waals surface area contributed by atoms with Crippen molar-refractivity contribution in [2.45, 2.75) is 18.9 Å². The summed E-state index contributed by atoms with van der Waals surface area (Å²) in [6.07, 6.45) is -8.77. The first-order valence-electron chi connectivity index (χ1n) is 8.72. The van der Waals surface area contributed by atoms with Crippen molar-refractivity contribution in [3.05, 3.63) is 69.8 Å². The lowest BCUT2D eigenvalue weighted by Crippen LogP contribution is -2.26. The molecule has 0 saturated heterocycles.